The molecule has 4 nitrogen and oxygen atoms in total. The lowest BCUT2D eigenvalue weighted by Gasteiger charge is -2.37. The Morgan fingerprint density at radius 2 is 2.05 bits per heavy atom. The van der Waals surface area contributed by atoms with Crippen LogP contribution in [0, 0.1) is 11.3 Å². The maximum absolute atomic E-state index is 12.3. The summed E-state index contributed by atoms with van der Waals surface area (Å²) in [5.74, 6) is 0.873. The molecule has 0 spiro atoms. The monoisotopic (exact) mass is 270 g/mol. The number of amides is 1. The van der Waals surface area contributed by atoms with E-state index in [2.05, 4.69) is 12.2 Å². The van der Waals surface area contributed by atoms with Crippen LogP contribution in [0.3, 0.4) is 0 Å². The first-order valence-electron chi connectivity index (χ1n) is 7.60. The fourth-order valence-electron chi connectivity index (χ4n) is 2.62. The molecular formula is C15H30N2O2. The molecule has 3 N–H and O–H groups in total. The number of nitrogens with two attached hydrogens (primary N) is 1. The van der Waals surface area contributed by atoms with Gasteiger partial charge in [-0.2, -0.15) is 0 Å². The topological polar surface area (TPSA) is 64.4 Å². The van der Waals surface area contributed by atoms with Crippen LogP contribution in [-0.2, 0) is 9.53 Å². The number of carbonyl (C=O) groups excluding carboxylic acids is 1. The van der Waals surface area contributed by atoms with E-state index in [4.69, 9.17) is 10.5 Å². The van der Waals surface area contributed by atoms with Gasteiger partial charge in [-0.1, -0.05) is 6.92 Å². The van der Waals surface area contributed by atoms with Gasteiger partial charge in [-0.25, -0.2) is 0 Å². The molecule has 0 aliphatic heterocycles. The average Bonchev–Trinajstić information content (AvgIpc) is 2.39. The summed E-state index contributed by atoms with van der Waals surface area (Å²) in [6.45, 7) is 8.14. The highest BCUT2D eigenvalue weighted by Gasteiger charge is 2.39. The van der Waals surface area contributed by atoms with Crippen molar-refractivity contribution in [2.45, 2.75) is 59.0 Å². The Morgan fingerprint density at radius 1 is 1.42 bits per heavy atom. The van der Waals surface area contributed by atoms with Gasteiger partial charge in [0.15, 0.2) is 0 Å². The lowest BCUT2D eigenvalue weighted by atomic mass is 9.70. The second-order valence-corrected chi connectivity index (χ2v) is 6.20. The van der Waals surface area contributed by atoms with E-state index >= 15 is 0 Å². The van der Waals surface area contributed by atoms with Crippen LogP contribution in [-0.4, -0.2) is 31.7 Å². The molecule has 0 radical (unpaired) electrons. The van der Waals surface area contributed by atoms with Crippen molar-refractivity contribution in [1.29, 1.82) is 0 Å². The first kappa shape index (κ1) is 16.4. The summed E-state index contributed by atoms with van der Waals surface area (Å²) >= 11 is 0. The van der Waals surface area contributed by atoms with E-state index in [-0.39, 0.29) is 17.4 Å². The molecule has 19 heavy (non-hydrogen) atoms. The Labute approximate surface area is 117 Å². The summed E-state index contributed by atoms with van der Waals surface area (Å²) in [7, 11) is 0. The van der Waals surface area contributed by atoms with Crippen LogP contribution in [0.1, 0.15) is 52.9 Å². The third-order valence-corrected chi connectivity index (χ3v) is 4.16. The molecule has 0 unspecified atom stereocenters. The number of carbonyl (C=O) groups is 1. The summed E-state index contributed by atoms with van der Waals surface area (Å²) in [4.78, 5) is 12.3. The number of ether oxygens (including phenoxy) is 1. The maximum Gasteiger partial charge on any atom is 0.227 e. The normalized spacial score (nSPS) is 27.5. The molecule has 0 atom stereocenters. The lowest BCUT2D eigenvalue weighted by molar-refractivity contribution is -0.132. The second-order valence-electron chi connectivity index (χ2n) is 6.20. The Morgan fingerprint density at radius 3 is 2.58 bits per heavy atom. The molecule has 1 rings (SSSR count). The average molecular weight is 270 g/mol. The fourth-order valence-corrected chi connectivity index (χ4v) is 2.62. The van der Waals surface area contributed by atoms with Crippen LogP contribution >= 0.6 is 0 Å². The first-order chi connectivity index (χ1) is 9.00. The van der Waals surface area contributed by atoms with Crippen LogP contribution in [0.5, 0.6) is 0 Å². The second kappa shape index (κ2) is 7.85. The van der Waals surface area contributed by atoms with Crippen molar-refractivity contribution >= 4 is 5.91 Å². The summed E-state index contributed by atoms with van der Waals surface area (Å²) < 4.78 is 5.46. The van der Waals surface area contributed by atoms with E-state index in [0.29, 0.717) is 19.7 Å². The minimum absolute atomic E-state index is 0.145. The van der Waals surface area contributed by atoms with Crippen molar-refractivity contribution in [2.75, 3.05) is 19.7 Å². The minimum Gasteiger partial charge on any atom is -0.379 e. The Kier molecular flexibility index (Phi) is 6.80. The van der Waals surface area contributed by atoms with E-state index in [9.17, 15) is 4.79 Å². The van der Waals surface area contributed by atoms with Crippen molar-refractivity contribution in [1.82, 2.24) is 5.32 Å². The van der Waals surface area contributed by atoms with Gasteiger partial charge < -0.3 is 15.8 Å². The number of nitrogens with one attached hydrogen (secondary N) is 1. The number of hydrogen-bond donors (Lipinski definition) is 2. The molecule has 1 saturated carbocycles. The zero-order valence-electron chi connectivity index (χ0n) is 12.7. The van der Waals surface area contributed by atoms with Gasteiger partial charge >= 0.3 is 0 Å². The molecule has 1 aliphatic rings. The lowest BCUT2D eigenvalue weighted by Crippen LogP contribution is -2.48. The van der Waals surface area contributed by atoms with Gasteiger partial charge in [0.25, 0.3) is 0 Å². The molecule has 1 aliphatic carbocycles. The van der Waals surface area contributed by atoms with Gasteiger partial charge in [-0.05, 0) is 51.9 Å². The minimum atomic E-state index is -0.314. The van der Waals surface area contributed by atoms with Crippen molar-refractivity contribution in [3.8, 4) is 0 Å². The van der Waals surface area contributed by atoms with Gasteiger partial charge in [-0.15, -0.1) is 0 Å². The molecule has 4 heteroatoms. The molecule has 0 aromatic rings. The van der Waals surface area contributed by atoms with Crippen LogP contribution < -0.4 is 11.1 Å². The predicted octanol–water partition coefficient (Wildman–Crippen LogP) is 2.07. The highest BCUT2D eigenvalue weighted by atomic mass is 16.5. The fraction of sp³-hybridized carbons (Fsp3) is 0.933. The smallest absolute Gasteiger partial charge is 0.227 e. The van der Waals surface area contributed by atoms with Crippen LogP contribution in [0.25, 0.3) is 0 Å². The highest BCUT2D eigenvalue weighted by molar-refractivity contribution is 5.83. The Bertz CT molecular complexity index is 271. The summed E-state index contributed by atoms with van der Waals surface area (Å²) in [6.07, 6.45) is 5.20. The molecule has 0 aromatic heterocycles. The Hall–Kier alpha value is -0.610. The SMILES string of the molecule is CC1CCC(CN)(C(=O)NCCCOC(C)C)CC1. The van der Waals surface area contributed by atoms with E-state index in [1.54, 1.807) is 0 Å². The number of hydrogen-bond acceptors (Lipinski definition) is 3. The third-order valence-electron chi connectivity index (χ3n) is 4.16. The largest absolute Gasteiger partial charge is 0.379 e. The van der Waals surface area contributed by atoms with Crippen LogP contribution in [0.2, 0.25) is 0 Å². The summed E-state index contributed by atoms with van der Waals surface area (Å²) in [5, 5.41) is 3.03. The van der Waals surface area contributed by atoms with Gasteiger partial charge in [0.1, 0.15) is 0 Å². The van der Waals surface area contributed by atoms with Gasteiger partial charge in [0.05, 0.1) is 11.5 Å². The van der Waals surface area contributed by atoms with Gasteiger partial charge in [0, 0.05) is 19.7 Å². The molecule has 1 fully saturated rings. The highest BCUT2D eigenvalue weighted by Crippen LogP contribution is 2.38. The van der Waals surface area contributed by atoms with Crippen LogP contribution in [0.15, 0.2) is 0 Å². The number of rotatable bonds is 7. The standard InChI is InChI=1S/C15H30N2O2/c1-12(2)19-10-4-9-17-14(18)15(11-16)7-5-13(3)6-8-15/h12-13H,4-11,16H2,1-3H3,(H,17,18). The summed E-state index contributed by atoms with van der Waals surface area (Å²) in [5.41, 5.74) is 5.56. The predicted molar refractivity (Wildman–Crippen MR) is 77.8 cm³/mol. The van der Waals surface area contributed by atoms with Gasteiger partial charge in [0.2, 0.25) is 5.91 Å². The van der Waals surface area contributed by atoms with E-state index in [1.165, 1.54) is 0 Å². The first-order valence-corrected chi connectivity index (χ1v) is 7.60. The zero-order valence-corrected chi connectivity index (χ0v) is 12.7. The molecule has 0 saturated heterocycles. The molecular weight excluding hydrogens is 240 g/mol. The van der Waals surface area contributed by atoms with E-state index in [0.717, 1.165) is 38.0 Å². The van der Waals surface area contributed by atoms with Crippen molar-refractivity contribution in [2.24, 2.45) is 17.1 Å². The van der Waals surface area contributed by atoms with Gasteiger partial charge in [-0.3, -0.25) is 4.79 Å². The van der Waals surface area contributed by atoms with E-state index < -0.39 is 0 Å². The third kappa shape index (κ3) is 5.11. The molecule has 1 amide bonds. The van der Waals surface area contributed by atoms with Crippen molar-refractivity contribution in [3.05, 3.63) is 0 Å². The molecule has 0 aromatic carbocycles. The molecule has 0 heterocycles. The Balaban J connectivity index is 2.30. The molecule has 0 bridgehead atoms. The van der Waals surface area contributed by atoms with Crippen LogP contribution in [0.4, 0.5) is 0 Å². The quantitative estimate of drug-likeness (QED) is 0.696. The van der Waals surface area contributed by atoms with Crippen molar-refractivity contribution < 1.29 is 9.53 Å². The van der Waals surface area contributed by atoms with Crippen molar-refractivity contribution in [3.63, 3.8) is 0 Å². The maximum atomic E-state index is 12.3. The zero-order chi connectivity index (χ0) is 14.3. The summed E-state index contributed by atoms with van der Waals surface area (Å²) in [6, 6.07) is 0. The van der Waals surface area contributed by atoms with E-state index in [1.807, 2.05) is 13.8 Å². The molecule has 112 valence electrons.